The number of hydrogen-bond donors (Lipinski definition) is 1. The van der Waals surface area contributed by atoms with E-state index in [0.29, 0.717) is 4.47 Å². The molecule has 0 aliphatic heterocycles. The monoisotopic (exact) mass is 314 g/mol. The summed E-state index contributed by atoms with van der Waals surface area (Å²) in [7, 11) is 0. The van der Waals surface area contributed by atoms with Gasteiger partial charge in [-0.2, -0.15) is 0 Å². The highest BCUT2D eigenvalue weighted by molar-refractivity contribution is 9.10. The molecule has 0 radical (unpaired) electrons. The molecular weight excluding hydrogens is 307 g/mol. The third kappa shape index (κ3) is 2.73. The van der Waals surface area contributed by atoms with Crippen LogP contribution in [-0.4, -0.2) is 21.3 Å². The van der Waals surface area contributed by atoms with Crippen molar-refractivity contribution in [3.63, 3.8) is 0 Å². The molecule has 1 aromatic carbocycles. The van der Waals surface area contributed by atoms with Gasteiger partial charge in [-0.25, -0.2) is 4.39 Å². The topological polar surface area (TPSA) is 76.2 Å². The van der Waals surface area contributed by atoms with Crippen molar-refractivity contribution in [2.24, 2.45) is 0 Å². The Labute approximate surface area is 110 Å². The molecule has 1 aromatic heterocycles. The molecule has 94 valence electrons. The lowest BCUT2D eigenvalue weighted by atomic mass is 10.2. The summed E-state index contributed by atoms with van der Waals surface area (Å²) in [5.74, 6) is -1.24. The van der Waals surface area contributed by atoms with Crippen LogP contribution in [0, 0.1) is 5.82 Å². The van der Waals surface area contributed by atoms with Crippen molar-refractivity contribution in [2.45, 2.75) is 12.8 Å². The number of halogens is 2. The van der Waals surface area contributed by atoms with Gasteiger partial charge in [0.15, 0.2) is 0 Å². The van der Waals surface area contributed by atoms with Gasteiger partial charge in [-0.15, -0.1) is 10.2 Å². The molecular formula is C11H8BrFN2O3. The first-order chi connectivity index (χ1) is 8.58. The second-order valence-corrected chi connectivity index (χ2v) is 4.35. The molecule has 18 heavy (non-hydrogen) atoms. The van der Waals surface area contributed by atoms with E-state index in [9.17, 15) is 9.18 Å². The Morgan fingerprint density at radius 2 is 2.22 bits per heavy atom. The Kier molecular flexibility index (Phi) is 3.71. The molecule has 0 aliphatic rings. The van der Waals surface area contributed by atoms with Gasteiger partial charge in [0.1, 0.15) is 5.82 Å². The molecule has 0 spiro atoms. The number of nitrogens with zero attached hydrogens (tertiary/aromatic N) is 2. The number of carboxylic acids is 1. The predicted octanol–water partition coefficient (Wildman–Crippen LogP) is 2.66. The van der Waals surface area contributed by atoms with Crippen LogP contribution in [0.1, 0.15) is 12.3 Å². The maximum atomic E-state index is 13.7. The van der Waals surface area contributed by atoms with Crippen molar-refractivity contribution in [3.8, 4) is 11.5 Å². The summed E-state index contributed by atoms with van der Waals surface area (Å²) in [6.07, 6.45) is 0.0144. The van der Waals surface area contributed by atoms with E-state index >= 15 is 0 Å². The van der Waals surface area contributed by atoms with Gasteiger partial charge in [0, 0.05) is 6.42 Å². The van der Waals surface area contributed by atoms with E-state index in [4.69, 9.17) is 9.52 Å². The Bertz CT molecular complexity index is 585. The average Bonchev–Trinajstić information content (AvgIpc) is 2.78. The maximum Gasteiger partial charge on any atom is 0.303 e. The van der Waals surface area contributed by atoms with E-state index in [-0.39, 0.29) is 30.2 Å². The van der Waals surface area contributed by atoms with Crippen LogP contribution in [0.2, 0.25) is 0 Å². The minimum Gasteiger partial charge on any atom is -0.481 e. The Morgan fingerprint density at radius 3 is 2.94 bits per heavy atom. The van der Waals surface area contributed by atoms with Gasteiger partial charge in [-0.05, 0) is 28.1 Å². The quantitative estimate of drug-likeness (QED) is 0.938. The third-order valence-electron chi connectivity index (χ3n) is 2.20. The predicted molar refractivity (Wildman–Crippen MR) is 63.3 cm³/mol. The molecule has 0 fully saturated rings. The van der Waals surface area contributed by atoms with Crippen LogP contribution in [0.4, 0.5) is 4.39 Å². The van der Waals surface area contributed by atoms with Gasteiger partial charge >= 0.3 is 5.97 Å². The maximum absolute atomic E-state index is 13.7. The Morgan fingerprint density at radius 1 is 1.44 bits per heavy atom. The molecule has 1 N–H and O–H groups in total. The summed E-state index contributed by atoms with van der Waals surface area (Å²) in [5.41, 5.74) is 0.179. The molecule has 0 unspecified atom stereocenters. The molecule has 2 aromatic rings. The number of carboxylic acid groups (broad SMARTS) is 1. The van der Waals surface area contributed by atoms with Crippen molar-refractivity contribution < 1.29 is 18.7 Å². The molecule has 0 atom stereocenters. The van der Waals surface area contributed by atoms with Gasteiger partial charge in [0.25, 0.3) is 5.89 Å². The van der Waals surface area contributed by atoms with Crippen molar-refractivity contribution in [1.29, 1.82) is 0 Å². The SMILES string of the molecule is O=C(O)CCc1nnc(-c2cccc(Br)c2F)o1. The van der Waals surface area contributed by atoms with E-state index in [2.05, 4.69) is 26.1 Å². The number of aryl methyl sites for hydroxylation is 1. The highest BCUT2D eigenvalue weighted by Gasteiger charge is 2.15. The van der Waals surface area contributed by atoms with Gasteiger partial charge in [0.05, 0.1) is 16.5 Å². The van der Waals surface area contributed by atoms with Crippen LogP contribution in [0.15, 0.2) is 27.1 Å². The number of carbonyl (C=O) groups is 1. The number of rotatable bonds is 4. The molecule has 0 amide bonds. The van der Waals surface area contributed by atoms with Crippen LogP contribution in [0.5, 0.6) is 0 Å². The second kappa shape index (κ2) is 5.26. The molecule has 7 heteroatoms. The second-order valence-electron chi connectivity index (χ2n) is 3.50. The minimum absolute atomic E-state index is 0.0363. The van der Waals surface area contributed by atoms with Crippen LogP contribution in [-0.2, 0) is 11.2 Å². The lowest BCUT2D eigenvalue weighted by Gasteiger charge is -1.98. The van der Waals surface area contributed by atoms with Gasteiger partial charge in [0.2, 0.25) is 5.89 Å². The summed E-state index contributed by atoms with van der Waals surface area (Å²) in [6.45, 7) is 0. The summed E-state index contributed by atoms with van der Waals surface area (Å²) in [4.78, 5) is 10.4. The first-order valence-corrected chi connectivity index (χ1v) is 5.86. The number of aliphatic carboxylic acids is 1. The number of hydrogen-bond acceptors (Lipinski definition) is 4. The number of aromatic nitrogens is 2. The van der Waals surface area contributed by atoms with E-state index < -0.39 is 11.8 Å². The van der Waals surface area contributed by atoms with Gasteiger partial charge in [-0.1, -0.05) is 6.07 Å². The lowest BCUT2D eigenvalue weighted by molar-refractivity contribution is -0.137. The summed E-state index contributed by atoms with van der Waals surface area (Å²) in [5, 5.41) is 15.9. The molecule has 2 rings (SSSR count). The normalized spacial score (nSPS) is 10.6. The fourth-order valence-corrected chi connectivity index (χ4v) is 1.71. The zero-order valence-electron chi connectivity index (χ0n) is 9.06. The van der Waals surface area contributed by atoms with E-state index in [0.717, 1.165) is 0 Å². The smallest absolute Gasteiger partial charge is 0.303 e. The molecule has 0 saturated carbocycles. The molecule has 0 aliphatic carbocycles. The zero-order chi connectivity index (χ0) is 13.1. The van der Waals surface area contributed by atoms with Crippen molar-refractivity contribution in [2.75, 3.05) is 0 Å². The standard InChI is InChI=1S/C11H8BrFN2O3/c12-7-3-1-2-6(10(7)13)11-15-14-8(18-11)4-5-9(16)17/h1-3H,4-5H2,(H,16,17). The fraction of sp³-hybridized carbons (Fsp3) is 0.182. The first-order valence-electron chi connectivity index (χ1n) is 5.06. The van der Waals surface area contributed by atoms with Gasteiger partial charge < -0.3 is 9.52 Å². The van der Waals surface area contributed by atoms with Crippen LogP contribution in [0.25, 0.3) is 11.5 Å². The molecule has 0 bridgehead atoms. The van der Waals surface area contributed by atoms with Crippen molar-refractivity contribution in [1.82, 2.24) is 10.2 Å². The Balaban J connectivity index is 2.24. The van der Waals surface area contributed by atoms with Crippen LogP contribution >= 0.6 is 15.9 Å². The molecule has 0 saturated heterocycles. The fourth-order valence-electron chi connectivity index (χ4n) is 1.35. The minimum atomic E-state index is -0.955. The highest BCUT2D eigenvalue weighted by atomic mass is 79.9. The van der Waals surface area contributed by atoms with Gasteiger partial charge in [-0.3, -0.25) is 4.79 Å². The average molecular weight is 315 g/mol. The van der Waals surface area contributed by atoms with E-state index in [1.807, 2.05) is 0 Å². The van der Waals surface area contributed by atoms with Crippen LogP contribution in [0.3, 0.4) is 0 Å². The number of benzene rings is 1. The summed E-state index contributed by atoms with van der Waals surface area (Å²) >= 11 is 3.06. The summed E-state index contributed by atoms with van der Waals surface area (Å²) in [6, 6.07) is 4.71. The molecule has 1 heterocycles. The van der Waals surface area contributed by atoms with E-state index in [1.165, 1.54) is 6.07 Å². The van der Waals surface area contributed by atoms with Crippen molar-refractivity contribution in [3.05, 3.63) is 34.4 Å². The third-order valence-corrected chi connectivity index (χ3v) is 2.81. The van der Waals surface area contributed by atoms with E-state index in [1.54, 1.807) is 12.1 Å². The first kappa shape index (κ1) is 12.7. The van der Waals surface area contributed by atoms with Crippen LogP contribution < -0.4 is 0 Å². The highest BCUT2D eigenvalue weighted by Crippen LogP contribution is 2.26. The lowest BCUT2D eigenvalue weighted by Crippen LogP contribution is -1.97. The largest absolute Gasteiger partial charge is 0.481 e. The molecule has 5 nitrogen and oxygen atoms in total. The van der Waals surface area contributed by atoms with Crippen molar-refractivity contribution >= 4 is 21.9 Å². The Hall–Kier alpha value is -1.76. The summed E-state index contributed by atoms with van der Waals surface area (Å²) < 4.78 is 19.2. The zero-order valence-corrected chi connectivity index (χ0v) is 10.6.